The van der Waals surface area contributed by atoms with Gasteiger partial charge in [-0.05, 0) is 6.42 Å². The Morgan fingerprint density at radius 1 is 1.56 bits per heavy atom. The van der Waals surface area contributed by atoms with Crippen molar-refractivity contribution in [1.29, 1.82) is 0 Å². The van der Waals surface area contributed by atoms with Crippen molar-refractivity contribution in [3.63, 3.8) is 0 Å². The summed E-state index contributed by atoms with van der Waals surface area (Å²) in [6.45, 7) is -1.05. The smallest absolute Gasteiger partial charge is 0.268 e. The van der Waals surface area contributed by atoms with Crippen LogP contribution in [-0.4, -0.2) is 29.6 Å². The van der Waals surface area contributed by atoms with Gasteiger partial charge in [0.05, 0.1) is 0 Å². The van der Waals surface area contributed by atoms with E-state index in [-0.39, 0.29) is 0 Å². The zero-order valence-electron chi connectivity index (χ0n) is 4.99. The number of aliphatic hydroxyl groups is 2. The van der Waals surface area contributed by atoms with Gasteiger partial charge in [0.2, 0.25) is 0 Å². The number of aliphatic hydroxyl groups excluding tert-OH is 1. The Bertz CT molecular complexity index is 77.0. The third-order valence-corrected chi connectivity index (χ3v) is 1.16. The van der Waals surface area contributed by atoms with Gasteiger partial charge in [0, 0.05) is 13.0 Å². The lowest BCUT2D eigenvalue weighted by Gasteiger charge is -2.10. The molecular formula is C5H10O4. The van der Waals surface area contributed by atoms with E-state index in [2.05, 4.69) is 4.74 Å². The summed E-state index contributed by atoms with van der Waals surface area (Å²) in [4.78, 5) is 0. The summed E-state index contributed by atoms with van der Waals surface area (Å²) >= 11 is 0. The molecule has 0 aromatic heterocycles. The van der Waals surface area contributed by atoms with Crippen LogP contribution in [0.25, 0.3) is 0 Å². The second-order valence-corrected chi connectivity index (χ2v) is 1.90. The van der Waals surface area contributed by atoms with Gasteiger partial charge >= 0.3 is 0 Å². The van der Waals surface area contributed by atoms with E-state index in [9.17, 15) is 0 Å². The van der Waals surface area contributed by atoms with Gasteiger partial charge in [-0.3, -0.25) is 0 Å². The molecule has 1 aliphatic rings. The molecule has 0 bridgehead atoms. The maximum absolute atomic E-state index is 8.27. The number of hydrogen-bond donors (Lipinski definition) is 2. The van der Waals surface area contributed by atoms with Crippen LogP contribution in [0.15, 0.2) is 0 Å². The Hall–Kier alpha value is -0.160. The van der Waals surface area contributed by atoms with E-state index in [0.29, 0.717) is 6.61 Å². The highest BCUT2D eigenvalue weighted by Gasteiger charge is 2.17. The maximum Gasteiger partial charge on any atom is 0.268 e. The molecule has 1 unspecified atom stereocenters. The van der Waals surface area contributed by atoms with Crippen molar-refractivity contribution in [2.45, 2.75) is 25.6 Å². The van der Waals surface area contributed by atoms with E-state index in [1.165, 1.54) is 0 Å². The molecule has 9 heavy (non-hydrogen) atoms. The van der Waals surface area contributed by atoms with Crippen LogP contribution < -0.4 is 0 Å². The summed E-state index contributed by atoms with van der Waals surface area (Å²) in [5.74, 6) is 0. The molecule has 1 saturated heterocycles. The predicted molar refractivity (Wildman–Crippen MR) is 28.3 cm³/mol. The molecule has 0 aromatic carbocycles. The summed E-state index contributed by atoms with van der Waals surface area (Å²) in [6.07, 6.45) is 1.26. The van der Waals surface area contributed by atoms with Crippen LogP contribution in [0, 0.1) is 0 Å². The molecule has 4 nitrogen and oxygen atoms in total. The molecular weight excluding hydrogens is 124 g/mol. The van der Waals surface area contributed by atoms with E-state index in [1.54, 1.807) is 0 Å². The molecule has 0 aliphatic carbocycles. The van der Waals surface area contributed by atoms with Crippen molar-refractivity contribution >= 4 is 0 Å². The van der Waals surface area contributed by atoms with Crippen LogP contribution in [0.1, 0.15) is 12.8 Å². The highest BCUT2D eigenvalue weighted by Crippen LogP contribution is 2.13. The van der Waals surface area contributed by atoms with Crippen molar-refractivity contribution in [1.82, 2.24) is 0 Å². The highest BCUT2D eigenvalue weighted by molar-refractivity contribution is 4.52. The number of rotatable bonds is 2. The fourth-order valence-electron chi connectivity index (χ4n) is 0.791. The Labute approximate surface area is 53.0 Å². The molecule has 1 atom stereocenters. The van der Waals surface area contributed by atoms with Gasteiger partial charge in [-0.1, -0.05) is 0 Å². The van der Waals surface area contributed by atoms with E-state index in [1.807, 2.05) is 0 Å². The lowest BCUT2D eigenvalue weighted by atomic mass is 10.4. The average molecular weight is 134 g/mol. The van der Waals surface area contributed by atoms with Gasteiger partial charge in [0.25, 0.3) is 6.48 Å². The molecule has 1 heterocycles. The predicted octanol–water partition coefficient (Wildman–Crippen LogP) is -0.592. The fraction of sp³-hybridized carbons (Fsp3) is 1.00. The minimum absolute atomic E-state index is 0.412. The van der Waals surface area contributed by atoms with E-state index in [4.69, 9.17) is 14.9 Å². The van der Waals surface area contributed by atoms with Gasteiger partial charge in [-0.25, -0.2) is 0 Å². The number of ether oxygens (including phenoxy) is 2. The van der Waals surface area contributed by atoms with Gasteiger partial charge in [-0.2, -0.15) is 0 Å². The molecule has 0 saturated carbocycles. The van der Waals surface area contributed by atoms with E-state index >= 15 is 0 Å². The zero-order valence-corrected chi connectivity index (χ0v) is 4.99. The van der Waals surface area contributed by atoms with Crippen molar-refractivity contribution in [3.8, 4) is 0 Å². The first kappa shape index (κ1) is 6.95. The molecule has 0 spiro atoms. The lowest BCUT2D eigenvalue weighted by Crippen LogP contribution is -2.20. The average Bonchev–Trinajstić information content (AvgIpc) is 2.15. The summed E-state index contributed by atoms with van der Waals surface area (Å²) in [5, 5.41) is 16.5. The van der Waals surface area contributed by atoms with Gasteiger partial charge in [0.1, 0.15) is 0 Å². The first-order chi connectivity index (χ1) is 4.29. The summed E-state index contributed by atoms with van der Waals surface area (Å²) in [6, 6.07) is 0. The first-order valence-corrected chi connectivity index (χ1v) is 2.92. The maximum atomic E-state index is 8.27. The van der Waals surface area contributed by atoms with Crippen LogP contribution in [-0.2, 0) is 9.47 Å². The third kappa shape index (κ3) is 2.28. The normalized spacial score (nSPS) is 27.7. The van der Waals surface area contributed by atoms with Crippen molar-refractivity contribution in [3.05, 3.63) is 0 Å². The Kier molecular flexibility index (Phi) is 2.41. The molecule has 1 aliphatic heterocycles. The quantitative estimate of drug-likeness (QED) is 0.495. The van der Waals surface area contributed by atoms with Crippen LogP contribution in [0.5, 0.6) is 0 Å². The molecule has 2 N–H and O–H groups in total. The standard InChI is InChI=1S/C5H10O4/c6-5(7)9-4-2-1-3-8-4/h4-7H,1-3H2. The van der Waals surface area contributed by atoms with Crippen LogP contribution in [0.2, 0.25) is 0 Å². The SMILES string of the molecule is OC(O)OC1CCCO1. The second kappa shape index (κ2) is 3.12. The minimum Gasteiger partial charge on any atom is -0.352 e. The topological polar surface area (TPSA) is 58.9 Å². The van der Waals surface area contributed by atoms with Crippen molar-refractivity contribution in [2.24, 2.45) is 0 Å². The first-order valence-electron chi connectivity index (χ1n) is 2.92. The molecule has 54 valence electrons. The molecule has 0 aromatic rings. The molecule has 1 rings (SSSR count). The van der Waals surface area contributed by atoms with Gasteiger partial charge in [0.15, 0.2) is 6.29 Å². The molecule has 0 radical (unpaired) electrons. The fourth-order valence-corrected chi connectivity index (χ4v) is 0.791. The van der Waals surface area contributed by atoms with E-state index in [0.717, 1.165) is 12.8 Å². The molecule has 1 fully saturated rings. The highest BCUT2D eigenvalue weighted by atomic mass is 16.8. The molecule has 0 amide bonds. The zero-order chi connectivity index (χ0) is 6.69. The Balaban J connectivity index is 2.11. The summed E-state index contributed by atoms with van der Waals surface area (Å²) < 4.78 is 9.42. The Morgan fingerprint density at radius 2 is 2.33 bits per heavy atom. The van der Waals surface area contributed by atoms with Gasteiger partial charge in [-0.15, -0.1) is 0 Å². The van der Waals surface area contributed by atoms with Crippen molar-refractivity contribution < 1.29 is 19.7 Å². The van der Waals surface area contributed by atoms with Crippen LogP contribution in [0.3, 0.4) is 0 Å². The molecule has 4 heteroatoms. The second-order valence-electron chi connectivity index (χ2n) is 1.90. The van der Waals surface area contributed by atoms with Crippen LogP contribution >= 0.6 is 0 Å². The largest absolute Gasteiger partial charge is 0.352 e. The van der Waals surface area contributed by atoms with Gasteiger partial charge < -0.3 is 19.7 Å². The monoisotopic (exact) mass is 134 g/mol. The lowest BCUT2D eigenvalue weighted by molar-refractivity contribution is -0.296. The minimum atomic E-state index is -1.70. The number of hydrogen-bond acceptors (Lipinski definition) is 4. The Morgan fingerprint density at radius 3 is 2.78 bits per heavy atom. The third-order valence-electron chi connectivity index (χ3n) is 1.16. The summed E-state index contributed by atoms with van der Waals surface area (Å²) in [7, 11) is 0. The van der Waals surface area contributed by atoms with Crippen molar-refractivity contribution in [2.75, 3.05) is 6.61 Å². The van der Waals surface area contributed by atoms with E-state index < -0.39 is 12.8 Å². The summed E-state index contributed by atoms with van der Waals surface area (Å²) in [5.41, 5.74) is 0. The van der Waals surface area contributed by atoms with Crippen LogP contribution in [0.4, 0.5) is 0 Å².